The molecule has 2 rings (SSSR count). The number of rotatable bonds is 5. The van der Waals surface area contributed by atoms with Gasteiger partial charge in [-0.05, 0) is 28.8 Å². The number of nitrogens with zero attached hydrogens (tertiary/aromatic N) is 3. The fraction of sp³-hybridized carbons (Fsp3) is 0.300. The molecule has 2 heterocycles. The number of thiophene rings is 1. The number of nitrogen functional groups attached to an aromatic ring is 1. The Morgan fingerprint density at radius 3 is 2.94 bits per heavy atom. The van der Waals surface area contributed by atoms with Gasteiger partial charge in [0, 0.05) is 0 Å². The van der Waals surface area contributed by atoms with Crippen LogP contribution in [-0.4, -0.2) is 31.6 Å². The number of nitrogens with two attached hydrogens (primary N) is 1. The molecule has 0 aromatic carbocycles. The molecule has 96 valence electrons. The maximum absolute atomic E-state index is 10.6. The van der Waals surface area contributed by atoms with E-state index in [1.807, 2.05) is 12.3 Å². The number of hydrogen-bond donors (Lipinski definition) is 2. The van der Waals surface area contributed by atoms with Gasteiger partial charge in [0.1, 0.15) is 0 Å². The zero-order chi connectivity index (χ0) is 13.1. The van der Waals surface area contributed by atoms with Crippen LogP contribution in [0, 0.1) is 6.92 Å². The molecule has 6 nitrogen and oxygen atoms in total. The largest absolute Gasteiger partial charge is 0.481 e. The Morgan fingerprint density at radius 2 is 2.33 bits per heavy atom. The molecule has 0 bridgehead atoms. The highest BCUT2D eigenvalue weighted by atomic mass is 32.2. The second-order valence-electron chi connectivity index (χ2n) is 3.69. The van der Waals surface area contributed by atoms with Crippen molar-refractivity contribution >= 4 is 35.0 Å². The second-order valence-corrected chi connectivity index (χ2v) is 5.38. The predicted molar refractivity (Wildman–Crippen MR) is 71.0 cm³/mol. The van der Waals surface area contributed by atoms with Gasteiger partial charge in [-0.15, -0.1) is 10.2 Å². The van der Waals surface area contributed by atoms with Crippen LogP contribution in [0.2, 0.25) is 0 Å². The van der Waals surface area contributed by atoms with E-state index in [4.69, 9.17) is 10.8 Å². The maximum Gasteiger partial charge on any atom is 0.313 e. The summed E-state index contributed by atoms with van der Waals surface area (Å²) in [7, 11) is 0. The highest BCUT2D eigenvalue weighted by Crippen LogP contribution is 2.22. The van der Waals surface area contributed by atoms with Crippen LogP contribution >= 0.6 is 23.1 Å². The Morgan fingerprint density at radius 1 is 1.56 bits per heavy atom. The van der Waals surface area contributed by atoms with Gasteiger partial charge in [0.2, 0.25) is 5.95 Å². The van der Waals surface area contributed by atoms with Crippen molar-refractivity contribution in [3.8, 4) is 0 Å². The van der Waals surface area contributed by atoms with Crippen LogP contribution in [0.4, 0.5) is 5.95 Å². The summed E-state index contributed by atoms with van der Waals surface area (Å²) >= 11 is 2.74. The van der Waals surface area contributed by atoms with E-state index in [2.05, 4.69) is 15.6 Å². The standard InChI is InChI=1S/C10H12N4O2S2/c1-6-3-17-4-7(6)2-14-9(11)12-13-10(14)18-5-8(15)16/h3-4H,2,5H2,1H3,(H2,11,12)(H,15,16). The van der Waals surface area contributed by atoms with Crippen molar-refractivity contribution in [1.29, 1.82) is 0 Å². The Balaban J connectivity index is 2.19. The summed E-state index contributed by atoms with van der Waals surface area (Å²) in [5, 5.41) is 21.0. The molecule has 0 saturated heterocycles. The van der Waals surface area contributed by atoms with Gasteiger partial charge in [-0.2, -0.15) is 11.3 Å². The third-order valence-electron chi connectivity index (χ3n) is 2.36. The minimum Gasteiger partial charge on any atom is -0.481 e. The molecule has 0 radical (unpaired) electrons. The van der Waals surface area contributed by atoms with Crippen LogP contribution in [-0.2, 0) is 11.3 Å². The number of aromatic nitrogens is 3. The smallest absolute Gasteiger partial charge is 0.313 e. The summed E-state index contributed by atoms with van der Waals surface area (Å²) in [6.45, 7) is 2.59. The zero-order valence-electron chi connectivity index (χ0n) is 9.66. The lowest BCUT2D eigenvalue weighted by Crippen LogP contribution is -2.07. The van der Waals surface area contributed by atoms with Crippen molar-refractivity contribution in [3.63, 3.8) is 0 Å². The van der Waals surface area contributed by atoms with Gasteiger partial charge >= 0.3 is 5.97 Å². The molecule has 0 atom stereocenters. The van der Waals surface area contributed by atoms with E-state index in [0.29, 0.717) is 17.6 Å². The lowest BCUT2D eigenvalue weighted by molar-refractivity contribution is -0.133. The Labute approximate surface area is 112 Å². The minimum absolute atomic E-state index is 0.0548. The first-order valence-corrected chi connectivity index (χ1v) is 7.05. The molecule has 0 saturated carbocycles. The Kier molecular flexibility index (Phi) is 3.87. The highest BCUT2D eigenvalue weighted by Gasteiger charge is 2.13. The molecule has 0 aliphatic heterocycles. The number of hydrogen-bond acceptors (Lipinski definition) is 6. The Bertz CT molecular complexity index is 564. The van der Waals surface area contributed by atoms with E-state index in [1.165, 1.54) is 5.56 Å². The number of aryl methyl sites for hydroxylation is 1. The van der Waals surface area contributed by atoms with Gasteiger partial charge in [-0.1, -0.05) is 11.8 Å². The van der Waals surface area contributed by atoms with Crippen LogP contribution in [0.5, 0.6) is 0 Å². The summed E-state index contributed by atoms with van der Waals surface area (Å²) in [6, 6.07) is 0. The number of carbonyl (C=O) groups is 1. The number of carboxylic acid groups (broad SMARTS) is 1. The second kappa shape index (κ2) is 5.40. The highest BCUT2D eigenvalue weighted by molar-refractivity contribution is 7.99. The van der Waals surface area contributed by atoms with Crippen LogP contribution in [0.1, 0.15) is 11.1 Å². The van der Waals surface area contributed by atoms with Crippen LogP contribution < -0.4 is 5.73 Å². The maximum atomic E-state index is 10.6. The van der Waals surface area contributed by atoms with Crippen molar-refractivity contribution in [3.05, 3.63) is 21.9 Å². The van der Waals surface area contributed by atoms with E-state index < -0.39 is 5.97 Å². The molecule has 0 aliphatic carbocycles. The van der Waals surface area contributed by atoms with Gasteiger partial charge in [0.05, 0.1) is 12.3 Å². The van der Waals surface area contributed by atoms with E-state index in [0.717, 1.165) is 17.3 Å². The van der Waals surface area contributed by atoms with Crippen molar-refractivity contribution < 1.29 is 9.90 Å². The molecular weight excluding hydrogens is 272 g/mol. The van der Waals surface area contributed by atoms with Gasteiger partial charge in [-0.3, -0.25) is 9.36 Å². The molecule has 0 aliphatic rings. The molecular formula is C10H12N4O2S2. The number of thioether (sulfide) groups is 1. The van der Waals surface area contributed by atoms with Crippen LogP contribution in [0.15, 0.2) is 15.9 Å². The van der Waals surface area contributed by atoms with E-state index in [1.54, 1.807) is 15.9 Å². The van der Waals surface area contributed by atoms with Crippen molar-refractivity contribution in [2.24, 2.45) is 0 Å². The van der Waals surface area contributed by atoms with Crippen molar-refractivity contribution in [2.45, 2.75) is 18.6 Å². The van der Waals surface area contributed by atoms with Gasteiger partial charge in [-0.25, -0.2) is 0 Å². The first-order valence-electron chi connectivity index (χ1n) is 5.13. The molecule has 3 N–H and O–H groups in total. The van der Waals surface area contributed by atoms with Crippen LogP contribution in [0.3, 0.4) is 0 Å². The Hall–Kier alpha value is -1.54. The quantitative estimate of drug-likeness (QED) is 0.807. The fourth-order valence-corrected chi connectivity index (χ4v) is 2.91. The molecule has 8 heteroatoms. The van der Waals surface area contributed by atoms with E-state index in [-0.39, 0.29) is 5.75 Å². The monoisotopic (exact) mass is 284 g/mol. The number of anilines is 1. The first-order chi connectivity index (χ1) is 8.58. The summed E-state index contributed by atoms with van der Waals surface area (Å²) < 4.78 is 1.72. The minimum atomic E-state index is -0.889. The average molecular weight is 284 g/mol. The molecule has 0 fully saturated rings. The fourth-order valence-electron chi connectivity index (χ4n) is 1.40. The zero-order valence-corrected chi connectivity index (χ0v) is 11.3. The third kappa shape index (κ3) is 2.82. The van der Waals surface area contributed by atoms with Gasteiger partial charge in [0.15, 0.2) is 5.16 Å². The molecule has 18 heavy (non-hydrogen) atoms. The van der Waals surface area contributed by atoms with E-state index in [9.17, 15) is 4.79 Å². The molecule has 0 unspecified atom stereocenters. The predicted octanol–water partition coefficient (Wildman–Crippen LogP) is 1.46. The molecule has 0 spiro atoms. The van der Waals surface area contributed by atoms with Crippen LogP contribution in [0.25, 0.3) is 0 Å². The summed E-state index contributed by atoms with van der Waals surface area (Å²) in [5.41, 5.74) is 8.07. The summed E-state index contributed by atoms with van der Waals surface area (Å²) in [4.78, 5) is 10.6. The lowest BCUT2D eigenvalue weighted by Gasteiger charge is -2.06. The lowest BCUT2D eigenvalue weighted by atomic mass is 10.2. The van der Waals surface area contributed by atoms with Crippen molar-refractivity contribution in [2.75, 3.05) is 11.5 Å². The molecule has 2 aromatic heterocycles. The number of aliphatic carboxylic acids is 1. The molecule has 0 amide bonds. The molecule has 2 aromatic rings. The van der Waals surface area contributed by atoms with Gasteiger partial charge in [0.25, 0.3) is 0 Å². The topological polar surface area (TPSA) is 94.0 Å². The number of carboxylic acids is 1. The summed E-state index contributed by atoms with van der Waals surface area (Å²) in [5.74, 6) is -0.644. The van der Waals surface area contributed by atoms with Crippen molar-refractivity contribution in [1.82, 2.24) is 14.8 Å². The summed E-state index contributed by atoms with van der Waals surface area (Å²) in [6.07, 6.45) is 0. The van der Waals surface area contributed by atoms with E-state index >= 15 is 0 Å². The average Bonchev–Trinajstić information content (AvgIpc) is 2.86. The SMILES string of the molecule is Cc1cscc1Cn1c(N)nnc1SCC(=O)O. The van der Waals surface area contributed by atoms with Gasteiger partial charge < -0.3 is 10.8 Å². The normalized spacial score (nSPS) is 10.7. The first kappa shape index (κ1) is 12.9. The third-order valence-corrected chi connectivity index (χ3v) is 4.22.